The van der Waals surface area contributed by atoms with Crippen molar-refractivity contribution in [2.75, 3.05) is 0 Å². The number of carbonyl (C=O) groups is 1. The number of unbranched alkanes of at least 4 members (excludes halogenated alkanes) is 2. The number of amides is 1. The van der Waals surface area contributed by atoms with Crippen LogP contribution in [0.25, 0.3) is 0 Å². The summed E-state index contributed by atoms with van der Waals surface area (Å²) in [5.41, 5.74) is 0. The van der Waals surface area contributed by atoms with Crippen LogP contribution < -0.4 is 5.32 Å². The maximum absolute atomic E-state index is 10.8. The Labute approximate surface area is 68.4 Å². The lowest BCUT2D eigenvalue weighted by molar-refractivity contribution is -0.119. The monoisotopic (exact) mass is 155 g/mol. The zero-order valence-electron chi connectivity index (χ0n) is 7.23. The van der Waals surface area contributed by atoms with Gasteiger partial charge < -0.3 is 5.32 Å². The molecule has 0 saturated carbocycles. The molecule has 0 aliphatic carbocycles. The first-order valence-corrected chi connectivity index (χ1v) is 4.62. The van der Waals surface area contributed by atoms with Crippen molar-refractivity contribution in [2.45, 2.75) is 51.5 Å². The lowest BCUT2D eigenvalue weighted by Gasteiger charge is -2.07. The van der Waals surface area contributed by atoms with E-state index in [1.807, 2.05) is 0 Å². The Morgan fingerprint density at radius 2 is 2.36 bits per heavy atom. The summed E-state index contributed by atoms with van der Waals surface area (Å²) in [6.45, 7) is 2.20. The fourth-order valence-electron chi connectivity index (χ4n) is 1.53. The van der Waals surface area contributed by atoms with Gasteiger partial charge in [-0.2, -0.15) is 0 Å². The van der Waals surface area contributed by atoms with E-state index in [4.69, 9.17) is 0 Å². The zero-order valence-corrected chi connectivity index (χ0v) is 7.23. The van der Waals surface area contributed by atoms with Crippen LogP contribution in [0.4, 0.5) is 0 Å². The summed E-state index contributed by atoms with van der Waals surface area (Å²) in [4.78, 5) is 10.8. The molecule has 1 amide bonds. The molecule has 1 atom stereocenters. The largest absolute Gasteiger partial charge is 0.353 e. The highest BCUT2D eigenvalue weighted by molar-refractivity contribution is 5.78. The van der Waals surface area contributed by atoms with Crippen molar-refractivity contribution < 1.29 is 4.79 Å². The highest BCUT2D eigenvalue weighted by atomic mass is 16.1. The number of hydrogen-bond acceptors (Lipinski definition) is 1. The van der Waals surface area contributed by atoms with Crippen LogP contribution in [-0.2, 0) is 4.79 Å². The second-order valence-corrected chi connectivity index (χ2v) is 3.30. The zero-order chi connectivity index (χ0) is 8.10. The van der Waals surface area contributed by atoms with Crippen molar-refractivity contribution in [3.05, 3.63) is 0 Å². The minimum Gasteiger partial charge on any atom is -0.353 e. The summed E-state index contributed by atoms with van der Waals surface area (Å²) < 4.78 is 0. The molecule has 1 rings (SSSR count). The minimum atomic E-state index is 0.242. The Bertz CT molecular complexity index is 134. The molecule has 0 radical (unpaired) electrons. The molecule has 64 valence electrons. The van der Waals surface area contributed by atoms with E-state index < -0.39 is 0 Å². The van der Waals surface area contributed by atoms with Gasteiger partial charge in [-0.05, 0) is 12.8 Å². The molecule has 11 heavy (non-hydrogen) atoms. The van der Waals surface area contributed by atoms with E-state index in [0.29, 0.717) is 6.04 Å². The van der Waals surface area contributed by atoms with Crippen LogP contribution in [0.15, 0.2) is 0 Å². The SMILES string of the molecule is CCCCC[C@@H]1CCC(=O)N1. The second-order valence-electron chi connectivity index (χ2n) is 3.30. The summed E-state index contributed by atoms with van der Waals surface area (Å²) >= 11 is 0. The molecule has 1 aliphatic heterocycles. The van der Waals surface area contributed by atoms with E-state index in [1.165, 1.54) is 25.7 Å². The molecule has 1 N–H and O–H groups in total. The topological polar surface area (TPSA) is 29.1 Å². The molecule has 0 aromatic rings. The van der Waals surface area contributed by atoms with E-state index in [2.05, 4.69) is 12.2 Å². The van der Waals surface area contributed by atoms with Crippen LogP contribution in [0.2, 0.25) is 0 Å². The van der Waals surface area contributed by atoms with Crippen LogP contribution in [0.5, 0.6) is 0 Å². The highest BCUT2D eigenvalue weighted by Crippen LogP contribution is 2.13. The van der Waals surface area contributed by atoms with Gasteiger partial charge in [-0.3, -0.25) is 4.79 Å². The van der Waals surface area contributed by atoms with E-state index in [9.17, 15) is 4.79 Å². The van der Waals surface area contributed by atoms with E-state index in [0.717, 1.165) is 12.8 Å². The maximum Gasteiger partial charge on any atom is 0.220 e. The Hall–Kier alpha value is -0.530. The average Bonchev–Trinajstić information content (AvgIpc) is 2.37. The fraction of sp³-hybridized carbons (Fsp3) is 0.889. The van der Waals surface area contributed by atoms with Gasteiger partial charge in [0.15, 0.2) is 0 Å². The number of hydrogen-bond donors (Lipinski definition) is 1. The van der Waals surface area contributed by atoms with Crippen molar-refractivity contribution in [1.29, 1.82) is 0 Å². The van der Waals surface area contributed by atoms with Gasteiger partial charge in [-0.1, -0.05) is 26.2 Å². The Balaban J connectivity index is 2.04. The van der Waals surface area contributed by atoms with Gasteiger partial charge in [0, 0.05) is 12.5 Å². The van der Waals surface area contributed by atoms with Gasteiger partial charge in [0.05, 0.1) is 0 Å². The van der Waals surface area contributed by atoms with Gasteiger partial charge in [0.25, 0.3) is 0 Å². The predicted octanol–water partition coefficient (Wildman–Crippen LogP) is 1.85. The first-order chi connectivity index (χ1) is 5.33. The van der Waals surface area contributed by atoms with Crippen LogP contribution in [0.3, 0.4) is 0 Å². The summed E-state index contributed by atoms with van der Waals surface area (Å²) in [5.74, 6) is 0.242. The van der Waals surface area contributed by atoms with Crippen molar-refractivity contribution in [1.82, 2.24) is 5.32 Å². The van der Waals surface area contributed by atoms with Gasteiger partial charge in [-0.15, -0.1) is 0 Å². The molecular formula is C9H17NO. The first kappa shape index (κ1) is 8.57. The second kappa shape index (κ2) is 4.37. The molecule has 0 aromatic heterocycles. The van der Waals surface area contributed by atoms with Crippen LogP contribution >= 0.6 is 0 Å². The summed E-state index contributed by atoms with van der Waals surface area (Å²) in [6, 6.07) is 0.494. The molecule has 1 fully saturated rings. The van der Waals surface area contributed by atoms with Crippen molar-refractivity contribution in [2.24, 2.45) is 0 Å². The van der Waals surface area contributed by atoms with Crippen LogP contribution in [0, 0.1) is 0 Å². The minimum absolute atomic E-state index is 0.242. The molecule has 0 bridgehead atoms. The molecule has 0 unspecified atom stereocenters. The summed E-state index contributed by atoms with van der Waals surface area (Å²) in [5, 5.41) is 2.97. The molecule has 2 nitrogen and oxygen atoms in total. The lowest BCUT2D eigenvalue weighted by Crippen LogP contribution is -2.24. The van der Waals surface area contributed by atoms with E-state index in [1.54, 1.807) is 0 Å². The van der Waals surface area contributed by atoms with Crippen molar-refractivity contribution in [3.8, 4) is 0 Å². The molecule has 1 saturated heterocycles. The Morgan fingerprint density at radius 3 is 2.91 bits per heavy atom. The normalized spacial score (nSPS) is 23.7. The van der Waals surface area contributed by atoms with Gasteiger partial charge in [-0.25, -0.2) is 0 Å². The standard InChI is InChI=1S/C9H17NO/c1-2-3-4-5-8-6-7-9(11)10-8/h8H,2-7H2,1H3,(H,10,11)/t8-/m1/s1. The van der Waals surface area contributed by atoms with E-state index in [-0.39, 0.29) is 5.91 Å². The smallest absolute Gasteiger partial charge is 0.220 e. The van der Waals surface area contributed by atoms with Gasteiger partial charge >= 0.3 is 0 Å². The molecule has 0 aromatic carbocycles. The third-order valence-corrected chi connectivity index (χ3v) is 2.24. The van der Waals surface area contributed by atoms with Crippen molar-refractivity contribution in [3.63, 3.8) is 0 Å². The highest BCUT2D eigenvalue weighted by Gasteiger charge is 2.19. The molecule has 0 spiro atoms. The van der Waals surface area contributed by atoms with Gasteiger partial charge in [0.2, 0.25) is 5.91 Å². The lowest BCUT2D eigenvalue weighted by atomic mass is 10.1. The quantitative estimate of drug-likeness (QED) is 0.617. The molecule has 1 heterocycles. The summed E-state index contributed by atoms with van der Waals surface area (Å²) in [6.07, 6.45) is 6.81. The van der Waals surface area contributed by atoms with Crippen molar-refractivity contribution >= 4 is 5.91 Å². The fourth-order valence-corrected chi connectivity index (χ4v) is 1.53. The Morgan fingerprint density at radius 1 is 1.55 bits per heavy atom. The van der Waals surface area contributed by atoms with Crippen LogP contribution in [0.1, 0.15) is 45.4 Å². The van der Waals surface area contributed by atoms with Gasteiger partial charge in [0.1, 0.15) is 0 Å². The van der Waals surface area contributed by atoms with E-state index >= 15 is 0 Å². The maximum atomic E-state index is 10.8. The molecule has 2 heteroatoms. The average molecular weight is 155 g/mol. The summed E-state index contributed by atoms with van der Waals surface area (Å²) in [7, 11) is 0. The third kappa shape index (κ3) is 2.91. The molecular weight excluding hydrogens is 138 g/mol. The number of nitrogens with one attached hydrogen (secondary N) is 1. The number of rotatable bonds is 4. The predicted molar refractivity (Wildman–Crippen MR) is 45.3 cm³/mol. The molecule has 1 aliphatic rings. The number of carbonyl (C=O) groups excluding carboxylic acids is 1. The van der Waals surface area contributed by atoms with Crippen LogP contribution in [-0.4, -0.2) is 11.9 Å². The first-order valence-electron chi connectivity index (χ1n) is 4.62. The Kier molecular flexibility index (Phi) is 3.40. The third-order valence-electron chi connectivity index (χ3n) is 2.24.